The standard InChI is InChI=1S/C15H17BrN2O3S/c16-14(8-12-4-2-1-3-5-12)10-17-18-15(19)9-13-6-7-22(20,21)11-13/h1-5,8,10,13H,6-7,9,11H2,(H,18,19)/b14-8+,17-10+. The van der Waals surface area contributed by atoms with E-state index in [-0.39, 0.29) is 29.8 Å². The maximum atomic E-state index is 11.7. The molecule has 0 spiro atoms. The van der Waals surface area contributed by atoms with Crippen molar-refractivity contribution < 1.29 is 13.2 Å². The van der Waals surface area contributed by atoms with Gasteiger partial charge in [0.25, 0.3) is 0 Å². The predicted octanol–water partition coefficient (Wildman–Crippen LogP) is 2.35. The van der Waals surface area contributed by atoms with E-state index in [1.54, 1.807) is 0 Å². The van der Waals surface area contributed by atoms with E-state index >= 15 is 0 Å². The van der Waals surface area contributed by atoms with Crippen molar-refractivity contribution in [1.29, 1.82) is 0 Å². The molecule has 1 saturated heterocycles. The number of nitrogens with zero attached hydrogens (tertiary/aromatic N) is 1. The number of halogens is 1. The zero-order valence-corrected chi connectivity index (χ0v) is 14.3. The molecule has 1 unspecified atom stereocenters. The fourth-order valence-corrected chi connectivity index (χ4v) is 4.48. The van der Waals surface area contributed by atoms with Gasteiger partial charge in [0.1, 0.15) is 0 Å². The Bertz CT molecular complexity index is 684. The lowest BCUT2D eigenvalue weighted by Gasteiger charge is -2.05. The van der Waals surface area contributed by atoms with Crippen LogP contribution in [0.1, 0.15) is 18.4 Å². The number of allylic oxidation sites excluding steroid dienone is 1. The SMILES string of the molecule is O=C(CC1CCS(=O)(=O)C1)N/N=C/C(Br)=C\c1ccccc1. The highest BCUT2D eigenvalue weighted by molar-refractivity contribution is 9.12. The lowest BCUT2D eigenvalue weighted by Crippen LogP contribution is -2.21. The first-order chi connectivity index (χ1) is 10.4. The number of carbonyl (C=O) groups excluding carboxylic acids is 1. The Hall–Kier alpha value is -1.47. The Balaban J connectivity index is 1.79. The van der Waals surface area contributed by atoms with Gasteiger partial charge in [-0.05, 0) is 39.9 Å². The molecule has 0 aliphatic carbocycles. The fraction of sp³-hybridized carbons (Fsp3) is 0.333. The van der Waals surface area contributed by atoms with Gasteiger partial charge in [0, 0.05) is 10.9 Å². The van der Waals surface area contributed by atoms with Gasteiger partial charge in [-0.25, -0.2) is 13.8 Å². The van der Waals surface area contributed by atoms with Gasteiger partial charge >= 0.3 is 0 Å². The van der Waals surface area contributed by atoms with Gasteiger partial charge < -0.3 is 0 Å². The average Bonchev–Trinajstić information content (AvgIpc) is 2.79. The van der Waals surface area contributed by atoms with Gasteiger partial charge in [-0.15, -0.1) is 0 Å². The molecule has 0 aromatic heterocycles. The van der Waals surface area contributed by atoms with Crippen molar-refractivity contribution in [1.82, 2.24) is 5.43 Å². The highest BCUT2D eigenvalue weighted by Gasteiger charge is 2.29. The van der Waals surface area contributed by atoms with Gasteiger partial charge in [-0.1, -0.05) is 30.3 Å². The van der Waals surface area contributed by atoms with Crippen LogP contribution in [0.2, 0.25) is 0 Å². The average molecular weight is 385 g/mol. The Morgan fingerprint density at radius 3 is 2.73 bits per heavy atom. The maximum absolute atomic E-state index is 11.7. The third-order valence-corrected chi connectivity index (χ3v) is 5.55. The molecule has 1 N–H and O–H groups in total. The summed E-state index contributed by atoms with van der Waals surface area (Å²) in [4.78, 5) is 11.7. The molecule has 0 bridgehead atoms. The van der Waals surface area contributed by atoms with Crippen molar-refractivity contribution in [2.24, 2.45) is 11.0 Å². The number of hydrazone groups is 1. The maximum Gasteiger partial charge on any atom is 0.240 e. The van der Waals surface area contributed by atoms with Crippen molar-refractivity contribution in [2.75, 3.05) is 11.5 Å². The largest absolute Gasteiger partial charge is 0.273 e. The number of sulfone groups is 1. The van der Waals surface area contributed by atoms with Crippen molar-refractivity contribution in [3.8, 4) is 0 Å². The Morgan fingerprint density at radius 2 is 2.09 bits per heavy atom. The zero-order chi connectivity index (χ0) is 16.0. The summed E-state index contributed by atoms with van der Waals surface area (Å²) >= 11 is 3.35. The highest BCUT2D eigenvalue weighted by atomic mass is 79.9. The fourth-order valence-electron chi connectivity index (χ4n) is 2.25. The van der Waals surface area contributed by atoms with Crippen molar-refractivity contribution in [3.05, 3.63) is 40.4 Å². The van der Waals surface area contributed by atoms with E-state index in [1.165, 1.54) is 6.21 Å². The number of benzene rings is 1. The highest BCUT2D eigenvalue weighted by Crippen LogP contribution is 2.21. The molecular formula is C15H17BrN2O3S. The van der Waals surface area contributed by atoms with E-state index in [2.05, 4.69) is 26.5 Å². The van der Waals surface area contributed by atoms with Crippen molar-refractivity contribution in [3.63, 3.8) is 0 Å². The summed E-state index contributed by atoms with van der Waals surface area (Å²) in [6.45, 7) is 0. The molecule has 1 fully saturated rings. The van der Waals surface area contributed by atoms with E-state index in [9.17, 15) is 13.2 Å². The van der Waals surface area contributed by atoms with Crippen LogP contribution in [-0.4, -0.2) is 32.0 Å². The van der Waals surface area contributed by atoms with Crippen LogP contribution >= 0.6 is 15.9 Å². The molecule has 5 nitrogen and oxygen atoms in total. The molecule has 1 heterocycles. The molecule has 118 valence electrons. The summed E-state index contributed by atoms with van der Waals surface area (Å²) in [6, 6.07) is 9.70. The first kappa shape index (κ1) is 16.9. The second-order valence-corrected chi connectivity index (χ2v) is 8.35. The normalized spacial score (nSPS) is 21.1. The van der Waals surface area contributed by atoms with E-state index in [4.69, 9.17) is 0 Å². The molecule has 0 saturated carbocycles. The molecule has 22 heavy (non-hydrogen) atoms. The molecule has 1 aliphatic rings. The Morgan fingerprint density at radius 1 is 1.36 bits per heavy atom. The number of carbonyl (C=O) groups is 1. The molecule has 1 aliphatic heterocycles. The minimum Gasteiger partial charge on any atom is -0.273 e. The molecule has 1 amide bonds. The second-order valence-electron chi connectivity index (χ2n) is 5.21. The molecule has 2 rings (SSSR count). The first-order valence-corrected chi connectivity index (χ1v) is 9.50. The van der Waals surface area contributed by atoms with Gasteiger partial charge in [0.2, 0.25) is 5.91 Å². The van der Waals surface area contributed by atoms with E-state index < -0.39 is 9.84 Å². The molecule has 0 radical (unpaired) electrons. The Kier molecular flexibility index (Phi) is 5.90. The summed E-state index contributed by atoms with van der Waals surface area (Å²) < 4.78 is 23.4. The number of rotatable bonds is 5. The van der Waals surface area contributed by atoms with Crippen LogP contribution in [0.3, 0.4) is 0 Å². The van der Waals surface area contributed by atoms with Crippen LogP contribution in [0.4, 0.5) is 0 Å². The monoisotopic (exact) mass is 384 g/mol. The third kappa shape index (κ3) is 5.73. The van der Waals surface area contributed by atoms with Crippen LogP contribution in [0.15, 0.2) is 39.9 Å². The van der Waals surface area contributed by atoms with E-state index in [0.717, 1.165) is 10.0 Å². The van der Waals surface area contributed by atoms with Crippen LogP contribution in [0.5, 0.6) is 0 Å². The lowest BCUT2D eigenvalue weighted by molar-refractivity contribution is -0.121. The summed E-state index contributed by atoms with van der Waals surface area (Å²) in [7, 11) is -2.94. The van der Waals surface area contributed by atoms with Crippen molar-refractivity contribution >= 4 is 44.0 Å². The van der Waals surface area contributed by atoms with Crippen LogP contribution < -0.4 is 5.43 Å². The molecule has 1 aromatic rings. The third-order valence-electron chi connectivity index (χ3n) is 3.28. The smallest absolute Gasteiger partial charge is 0.240 e. The molecule has 7 heteroatoms. The van der Waals surface area contributed by atoms with Crippen LogP contribution in [-0.2, 0) is 14.6 Å². The topological polar surface area (TPSA) is 75.6 Å². The van der Waals surface area contributed by atoms with Crippen LogP contribution in [0.25, 0.3) is 6.08 Å². The zero-order valence-electron chi connectivity index (χ0n) is 11.9. The van der Waals surface area contributed by atoms with E-state index in [0.29, 0.717) is 6.42 Å². The summed E-state index contributed by atoms with van der Waals surface area (Å²) in [6.07, 6.45) is 4.11. The second kappa shape index (κ2) is 7.69. The van der Waals surface area contributed by atoms with Crippen LogP contribution in [0, 0.1) is 5.92 Å². The summed E-state index contributed by atoms with van der Waals surface area (Å²) in [5.41, 5.74) is 3.44. The predicted molar refractivity (Wildman–Crippen MR) is 91.4 cm³/mol. The summed E-state index contributed by atoms with van der Waals surface area (Å²) in [5, 5.41) is 3.86. The first-order valence-electron chi connectivity index (χ1n) is 6.89. The minimum atomic E-state index is -2.94. The van der Waals surface area contributed by atoms with E-state index in [1.807, 2.05) is 36.4 Å². The van der Waals surface area contributed by atoms with Crippen molar-refractivity contribution in [2.45, 2.75) is 12.8 Å². The number of hydrogen-bond donors (Lipinski definition) is 1. The van der Waals surface area contributed by atoms with Gasteiger partial charge in [-0.2, -0.15) is 5.10 Å². The quantitative estimate of drug-likeness (QED) is 0.625. The number of nitrogens with one attached hydrogen (secondary N) is 1. The number of amides is 1. The molecular weight excluding hydrogens is 368 g/mol. The van der Waals surface area contributed by atoms with Gasteiger partial charge in [-0.3, -0.25) is 4.79 Å². The molecule has 1 aromatic carbocycles. The number of hydrogen-bond acceptors (Lipinski definition) is 4. The minimum absolute atomic E-state index is 0.0940. The van der Waals surface area contributed by atoms with Gasteiger partial charge in [0.05, 0.1) is 17.7 Å². The van der Waals surface area contributed by atoms with Gasteiger partial charge in [0.15, 0.2) is 9.84 Å². The molecule has 1 atom stereocenters. The Labute approximate surface area is 138 Å². The lowest BCUT2D eigenvalue weighted by atomic mass is 10.1. The summed E-state index contributed by atoms with van der Waals surface area (Å²) in [5.74, 6) is -0.0803.